The van der Waals surface area contributed by atoms with E-state index >= 15 is 0 Å². The van der Waals surface area contributed by atoms with Gasteiger partial charge in [-0.3, -0.25) is 4.79 Å². The summed E-state index contributed by atoms with van der Waals surface area (Å²) in [5.74, 6) is 0.868. The summed E-state index contributed by atoms with van der Waals surface area (Å²) < 4.78 is 0. The van der Waals surface area contributed by atoms with Crippen LogP contribution in [0, 0.1) is 0 Å². The molecule has 0 bridgehead atoms. The molecule has 5 nitrogen and oxygen atoms in total. The van der Waals surface area contributed by atoms with Gasteiger partial charge in [-0.2, -0.15) is 27.2 Å². The van der Waals surface area contributed by atoms with Crippen molar-refractivity contribution >= 4 is 17.7 Å². The molecule has 2 N–H and O–H groups in total. The van der Waals surface area contributed by atoms with Crippen molar-refractivity contribution in [3.05, 3.63) is 11.9 Å². The van der Waals surface area contributed by atoms with Crippen molar-refractivity contribution < 1.29 is 4.79 Å². The largest absolute Gasteiger partial charge is 0.348 e. The zero-order valence-electron chi connectivity index (χ0n) is 8.28. The molecular formula is C8H14N4OS. The number of nitrogens with zero attached hydrogens (tertiary/aromatic N) is 2. The molecule has 6 heteroatoms. The number of aromatic amines is 1. The molecule has 0 saturated carbocycles. The van der Waals surface area contributed by atoms with Gasteiger partial charge in [-0.05, 0) is 25.4 Å². The summed E-state index contributed by atoms with van der Waals surface area (Å²) in [5, 5.41) is 12.5. The molecule has 0 saturated heterocycles. The van der Waals surface area contributed by atoms with Crippen molar-refractivity contribution in [3.8, 4) is 0 Å². The second-order valence-corrected chi connectivity index (χ2v) is 4.00. The highest BCUT2D eigenvalue weighted by Gasteiger charge is 2.11. The van der Waals surface area contributed by atoms with E-state index in [1.165, 1.54) is 6.20 Å². The summed E-state index contributed by atoms with van der Waals surface area (Å²) in [7, 11) is 0. The number of nitrogens with one attached hydrogen (secondary N) is 2. The van der Waals surface area contributed by atoms with E-state index in [1.54, 1.807) is 11.8 Å². The van der Waals surface area contributed by atoms with E-state index in [1.807, 2.05) is 13.2 Å². The molecular weight excluding hydrogens is 200 g/mol. The average molecular weight is 214 g/mol. The summed E-state index contributed by atoms with van der Waals surface area (Å²) in [6, 6.07) is 0.173. The Hall–Kier alpha value is -1.04. The van der Waals surface area contributed by atoms with Gasteiger partial charge in [0.05, 0.1) is 6.20 Å². The molecule has 1 rings (SSSR count). The van der Waals surface area contributed by atoms with Crippen LogP contribution in [-0.2, 0) is 0 Å². The highest BCUT2D eigenvalue weighted by atomic mass is 32.2. The molecule has 14 heavy (non-hydrogen) atoms. The molecule has 0 aromatic carbocycles. The van der Waals surface area contributed by atoms with E-state index in [0.717, 1.165) is 12.2 Å². The molecule has 1 amide bonds. The highest BCUT2D eigenvalue weighted by molar-refractivity contribution is 7.98. The van der Waals surface area contributed by atoms with Crippen LogP contribution in [0.3, 0.4) is 0 Å². The Bertz CT molecular complexity index is 275. The van der Waals surface area contributed by atoms with Gasteiger partial charge in [0.25, 0.3) is 5.91 Å². The first-order valence-corrected chi connectivity index (χ1v) is 5.79. The standard InChI is InChI=1S/C8H14N4OS/c1-6(3-4-14-2)10-8(13)7-5-9-12-11-7/h5-6H,3-4H2,1-2H3,(H,10,13)(H,9,11,12). The van der Waals surface area contributed by atoms with Gasteiger partial charge in [-0.15, -0.1) is 0 Å². The minimum atomic E-state index is -0.174. The van der Waals surface area contributed by atoms with E-state index in [9.17, 15) is 4.79 Å². The van der Waals surface area contributed by atoms with Crippen molar-refractivity contribution in [1.82, 2.24) is 20.7 Å². The molecule has 1 unspecified atom stereocenters. The van der Waals surface area contributed by atoms with Crippen LogP contribution < -0.4 is 5.32 Å². The second kappa shape index (κ2) is 5.64. The summed E-state index contributed by atoms with van der Waals surface area (Å²) in [6.07, 6.45) is 4.42. The fourth-order valence-electron chi connectivity index (χ4n) is 0.976. The molecule has 1 heterocycles. The molecule has 0 aliphatic heterocycles. The van der Waals surface area contributed by atoms with Gasteiger partial charge in [0, 0.05) is 6.04 Å². The van der Waals surface area contributed by atoms with Crippen LogP contribution in [-0.4, -0.2) is 39.4 Å². The maximum atomic E-state index is 11.4. The number of aromatic nitrogens is 3. The number of H-pyrrole nitrogens is 1. The van der Waals surface area contributed by atoms with E-state index in [4.69, 9.17) is 0 Å². The molecule has 1 atom stereocenters. The van der Waals surface area contributed by atoms with Crippen molar-refractivity contribution in [2.24, 2.45) is 0 Å². The Morgan fingerprint density at radius 2 is 2.57 bits per heavy atom. The fraction of sp³-hybridized carbons (Fsp3) is 0.625. The molecule has 0 aliphatic rings. The van der Waals surface area contributed by atoms with Crippen LogP contribution in [0.25, 0.3) is 0 Å². The van der Waals surface area contributed by atoms with Crippen LogP contribution in [0.4, 0.5) is 0 Å². The summed E-state index contributed by atoms with van der Waals surface area (Å²) >= 11 is 1.77. The van der Waals surface area contributed by atoms with Gasteiger partial charge in [0.1, 0.15) is 0 Å². The Balaban J connectivity index is 2.34. The first kappa shape index (κ1) is 11.0. The zero-order valence-corrected chi connectivity index (χ0v) is 9.10. The predicted molar refractivity (Wildman–Crippen MR) is 56.3 cm³/mol. The van der Waals surface area contributed by atoms with E-state index in [2.05, 4.69) is 20.7 Å². The molecule has 0 aliphatic carbocycles. The maximum absolute atomic E-state index is 11.4. The lowest BCUT2D eigenvalue weighted by atomic mass is 10.2. The van der Waals surface area contributed by atoms with Gasteiger partial charge < -0.3 is 5.32 Å². The first-order chi connectivity index (χ1) is 6.74. The lowest BCUT2D eigenvalue weighted by molar-refractivity contribution is 0.0934. The molecule has 0 fully saturated rings. The molecule has 1 aromatic heterocycles. The Morgan fingerprint density at radius 1 is 1.79 bits per heavy atom. The van der Waals surface area contributed by atoms with Crippen LogP contribution in [0.5, 0.6) is 0 Å². The van der Waals surface area contributed by atoms with Gasteiger partial charge in [-0.1, -0.05) is 0 Å². The third kappa shape index (κ3) is 3.37. The third-order valence-electron chi connectivity index (χ3n) is 1.78. The summed E-state index contributed by atoms with van der Waals surface area (Å²) in [5.41, 5.74) is 0.334. The summed E-state index contributed by atoms with van der Waals surface area (Å²) in [6.45, 7) is 1.98. The summed E-state index contributed by atoms with van der Waals surface area (Å²) in [4.78, 5) is 11.4. The lowest BCUT2D eigenvalue weighted by Gasteiger charge is -2.11. The fourth-order valence-corrected chi connectivity index (χ4v) is 1.56. The SMILES string of the molecule is CSCCC(C)NC(=O)c1cn[nH]n1. The van der Waals surface area contributed by atoms with Gasteiger partial charge in [0.2, 0.25) is 0 Å². The molecule has 0 spiro atoms. The Morgan fingerprint density at radius 3 is 3.14 bits per heavy atom. The number of thioether (sulfide) groups is 1. The number of rotatable bonds is 5. The third-order valence-corrected chi connectivity index (χ3v) is 2.42. The number of hydrogen-bond acceptors (Lipinski definition) is 4. The van der Waals surface area contributed by atoms with E-state index in [0.29, 0.717) is 5.69 Å². The maximum Gasteiger partial charge on any atom is 0.273 e. The molecule has 78 valence electrons. The van der Waals surface area contributed by atoms with Gasteiger partial charge >= 0.3 is 0 Å². The predicted octanol–water partition coefficient (Wildman–Crippen LogP) is 0.676. The smallest absolute Gasteiger partial charge is 0.273 e. The van der Waals surface area contributed by atoms with Crippen molar-refractivity contribution in [2.75, 3.05) is 12.0 Å². The Kier molecular flexibility index (Phi) is 4.45. The number of carbonyl (C=O) groups is 1. The minimum absolute atomic E-state index is 0.173. The van der Waals surface area contributed by atoms with E-state index < -0.39 is 0 Å². The lowest BCUT2D eigenvalue weighted by Crippen LogP contribution is -2.33. The van der Waals surface area contributed by atoms with Crippen LogP contribution in [0.15, 0.2) is 6.20 Å². The number of carbonyl (C=O) groups excluding carboxylic acids is 1. The number of amides is 1. The highest BCUT2D eigenvalue weighted by Crippen LogP contribution is 2.00. The van der Waals surface area contributed by atoms with Gasteiger partial charge in [0.15, 0.2) is 5.69 Å². The molecule has 0 radical (unpaired) electrons. The van der Waals surface area contributed by atoms with Gasteiger partial charge in [-0.25, -0.2) is 0 Å². The van der Waals surface area contributed by atoms with E-state index in [-0.39, 0.29) is 11.9 Å². The van der Waals surface area contributed by atoms with Crippen LogP contribution in [0.2, 0.25) is 0 Å². The average Bonchev–Trinajstić information content (AvgIpc) is 2.67. The Labute approximate surface area is 87.0 Å². The van der Waals surface area contributed by atoms with Crippen molar-refractivity contribution in [1.29, 1.82) is 0 Å². The quantitative estimate of drug-likeness (QED) is 0.756. The normalized spacial score (nSPS) is 12.4. The first-order valence-electron chi connectivity index (χ1n) is 4.39. The molecule has 1 aromatic rings. The van der Waals surface area contributed by atoms with Crippen molar-refractivity contribution in [3.63, 3.8) is 0 Å². The minimum Gasteiger partial charge on any atom is -0.348 e. The number of hydrogen-bond donors (Lipinski definition) is 2. The monoisotopic (exact) mass is 214 g/mol. The topological polar surface area (TPSA) is 70.7 Å². The second-order valence-electron chi connectivity index (χ2n) is 3.01. The van der Waals surface area contributed by atoms with Crippen LogP contribution >= 0.6 is 11.8 Å². The van der Waals surface area contributed by atoms with Crippen LogP contribution in [0.1, 0.15) is 23.8 Å². The van der Waals surface area contributed by atoms with Crippen molar-refractivity contribution in [2.45, 2.75) is 19.4 Å². The zero-order chi connectivity index (χ0) is 10.4.